The summed E-state index contributed by atoms with van der Waals surface area (Å²) in [6, 6.07) is 17.5. The molecule has 6 heteroatoms. The average Bonchev–Trinajstić information content (AvgIpc) is 3.48. The Balaban J connectivity index is 1.52. The van der Waals surface area contributed by atoms with Crippen molar-refractivity contribution < 1.29 is 4.79 Å². The van der Waals surface area contributed by atoms with Crippen LogP contribution in [0.2, 0.25) is 0 Å². The molecule has 0 bridgehead atoms. The number of para-hydroxylation sites is 1. The third-order valence-corrected chi connectivity index (χ3v) is 6.97. The molecule has 160 valence electrons. The molecule has 5 nitrogen and oxygen atoms in total. The van der Waals surface area contributed by atoms with Crippen LogP contribution in [0.1, 0.15) is 35.4 Å². The van der Waals surface area contributed by atoms with Gasteiger partial charge < -0.3 is 10.6 Å². The summed E-state index contributed by atoms with van der Waals surface area (Å²) >= 11 is 1.35. The van der Waals surface area contributed by atoms with E-state index in [-0.39, 0.29) is 5.91 Å². The van der Waals surface area contributed by atoms with Crippen LogP contribution in [0.5, 0.6) is 0 Å². The van der Waals surface area contributed by atoms with Crippen LogP contribution in [0.15, 0.2) is 78.6 Å². The molecule has 3 heterocycles. The molecule has 3 aromatic heterocycles. The molecule has 1 aliphatic rings. The van der Waals surface area contributed by atoms with Gasteiger partial charge in [0.1, 0.15) is 9.71 Å². The van der Waals surface area contributed by atoms with Crippen LogP contribution < -0.4 is 10.6 Å². The number of amides is 1. The summed E-state index contributed by atoms with van der Waals surface area (Å²) in [5.41, 5.74) is 11.0. The molecule has 0 spiro atoms. The molecule has 1 aromatic carbocycles. The summed E-state index contributed by atoms with van der Waals surface area (Å²) in [6.07, 6.45) is 10.5. The number of rotatable bonds is 5. The van der Waals surface area contributed by atoms with Crippen molar-refractivity contribution in [2.24, 2.45) is 0 Å². The Kier molecular flexibility index (Phi) is 5.69. The van der Waals surface area contributed by atoms with Gasteiger partial charge in [0.15, 0.2) is 0 Å². The van der Waals surface area contributed by atoms with Gasteiger partial charge in [-0.25, -0.2) is 4.98 Å². The fourth-order valence-corrected chi connectivity index (χ4v) is 5.16. The molecular weight excluding hydrogens is 416 g/mol. The summed E-state index contributed by atoms with van der Waals surface area (Å²) in [7, 11) is 0. The van der Waals surface area contributed by atoms with Gasteiger partial charge in [0.2, 0.25) is 0 Å². The number of hydrogen-bond acceptors (Lipinski definition) is 5. The van der Waals surface area contributed by atoms with Crippen molar-refractivity contribution in [1.29, 1.82) is 0 Å². The van der Waals surface area contributed by atoms with Gasteiger partial charge in [0.25, 0.3) is 5.91 Å². The first kappa shape index (κ1) is 20.4. The number of thiophene rings is 1. The highest BCUT2D eigenvalue weighted by molar-refractivity contribution is 7.21. The molecule has 4 aromatic rings. The fraction of sp³-hybridized carbons (Fsp3) is 0.192. The summed E-state index contributed by atoms with van der Waals surface area (Å²) in [6.45, 7) is 0.542. The van der Waals surface area contributed by atoms with Crippen LogP contribution in [-0.2, 0) is 0 Å². The Morgan fingerprint density at radius 1 is 1.06 bits per heavy atom. The molecular formula is C26H24N4OS. The maximum absolute atomic E-state index is 13.7. The van der Waals surface area contributed by atoms with E-state index in [1.165, 1.54) is 29.8 Å². The SMILES string of the molecule is Nc1c(C(=O)N(CC=C2CCCC2)c2ccccc2)sc2nc(-c3cccnc3)ccc12. The predicted octanol–water partition coefficient (Wildman–Crippen LogP) is 6.09. The lowest BCUT2D eigenvalue weighted by atomic mass is 10.1. The zero-order valence-corrected chi connectivity index (χ0v) is 18.5. The number of nitrogen functional groups attached to an aromatic ring is 1. The molecule has 0 atom stereocenters. The van der Waals surface area contributed by atoms with E-state index in [1.807, 2.05) is 59.5 Å². The van der Waals surface area contributed by atoms with Gasteiger partial charge in [-0.1, -0.05) is 29.8 Å². The van der Waals surface area contributed by atoms with E-state index in [0.717, 1.165) is 40.0 Å². The number of aromatic nitrogens is 2. The summed E-state index contributed by atoms with van der Waals surface area (Å²) < 4.78 is 0. The second kappa shape index (κ2) is 8.93. The van der Waals surface area contributed by atoms with Crippen LogP contribution in [0.3, 0.4) is 0 Å². The number of benzene rings is 1. The Hall–Kier alpha value is -3.51. The van der Waals surface area contributed by atoms with Crippen molar-refractivity contribution in [1.82, 2.24) is 9.97 Å². The van der Waals surface area contributed by atoms with Crippen molar-refractivity contribution in [2.45, 2.75) is 25.7 Å². The van der Waals surface area contributed by atoms with E-state index < -0.39 is 0 Å². The number of carbonyl (C=O) groups excluding carboxylic acids is 1. The number of nitrogens with zero attached hydrogens (tertiary/aromatic N) is 3. The van der Waals surface area contributed by atoms with Crippen molar-refractivity contribution >= 4 is 38.8 Å². The van der Waals surface area contributed by atoms with Gasteiger partial charge >= 0.3 is 0 Å². The highest BCUT2D eigenvalue weighted by atomic mass is 32.1. The lowest BCUT2D eigenvalue weighted by Gasteiger charge is -2.21. The minimum absolute atomic E-state index is 0.0884. The topological polar surface area (TPSA) is 72.1 Å². The zero-order valence-electron chi connectivity index (χ0n) is 17.7. The molecule has 1 saturated carbocycles. The van der Waals surface area contributed by atoms with E-state index >= 15 is 0 Å². The summed E-state index contributed by atoms with van der Waals surface area (Å²) in [5, 5.41) is 0.813. The monoisotopic (exact) mass is 440 g/mol. The van der Waals surface area contributed by atoms with Crippen LogP contribution >= 0.6 is 11.3 Å². The molecule has 0 saturated heterocycles. The van der Waals surface area contributed by atoms with Gasteiger partial charge in [-0.15, -0.1) is 11.3 Å². The lowest BCUT2D eigenvalue weighted by molar-refractivity contribution is 0.0994. The number of anilines is 2. The van der Waals surface area contributed by atoms with E-state index in [9.17, 15) is 4.79 Å². The quantitative estimate of drug-likeness (QED) is 0.381. The first-order chi connectivity index (χ1) is 15.7. The highest BCUT2D eigenvalue weighted by Crippen LogP contribution is 2.36. The molecule has 1 aliphatic carbocycles. The Bertz CT molecular complexity index is 1270. The Labute approximate surface area is 191 Å². The summed E-state index contributed by atoms with van der Waals surface area (Å²) in [5.74, 6) is -0.0884. The fourth-order valence-electron chi connectivity index (χ4n) is 4.12. The Morgan fingerprint density at radius 2 is 1.88 bits per heavy atom. The van der Waals surface area contributed by atoms with E-state index in [4.69, 9.17) is 10.7 Å². The number of pyridine rings is 2. The standard InChI is InChI=1S/C26H24N4OS/c27-23-21-12-13-22(19-9-6-15-28-17-19)29-25(21)32-24(23)26(31)30(20-10-2-1-3-11-20)16-14-18-7-4-5-8-18/h1-3,6,9-15,17H,4-5,7-8,16,27H2. The largest absolute Gasteiger partial charge is 0.397 e. The van der Waals surface area contributed by atoms with Crippen molar-refractivity contribution in [3.8, 4) is 11.3 Å². The van der Waals surface area contributed by atoms with E-state index in [1.54, 1.807) is 12.4 Å². The van der Waals surface area contributed by atoms with E-state index in [0.29, 0.717) is 17.1 Å². The molecule has 0 aliphatic heterocycles. The molecule has 0 unspecified atom stereocenters. The van der Waals surface area contributed by atoms with Gasteiger partial charge in [-0.05, 0) is 62.1 Å². The van der Waals surface area contributed by atoms with Crippen LogP contribution in [0.25, 0.3) is 21.5 Å². The number of nitrogens with two attached hydrogens (primary N) is 1. The smallest absolute Gasteiger partial charge is 0.270 e. The van der Waals surface area contributed by atoms with Crippen LogP contribution in [-0.4, -0.2) is 22.4 Å². The predicted molar refractivity (Wildman–Crippen MR) is 132 cm³/mol. The molecule has 32 heavy (non-hydrogen) atoms. The Morgan fingerprint density at radius 3 is 2.62 bits per heavy atom. The average molecular weight is 441 g/mol. The van der Waals surface area contributed by atoms with Crippen molar-refractivity contribution in [3.63, 3.8) is 0 Å². The minimum Gasteiger partial charge on any atom is -0.397 e. The first-order valence-corrected chi connectivity index (χ1v) is 11.7. The maximum Gasteiger partial charge on any atom is 0.270 e. The lowest BCUT2D eigenvalue weighted by Crippen LogP contribution is -2.31. The number of carbonyl (C=O) groups is 1. The second-order valence-electron chi connectivity index (χ2n) is 7.96. The molecule has 0 radical (unpaired) electrons. The molecule has 5 rings (SSSR count). The van der Waals surface area contributed by atoms with Crippen molar-refractivity contribution in [3.05, 3.63) is 83.5 Å². The number of allylic oxidation sites excluding steroid dienone is 1. The van der Waals surface area contributed by atoms with E-state index in [2.05, 4.69) is 11.1 Å². The zero-order chi connectivity index (χ0) is 21.9. The highest BCUT2D eigenvalue weighted by Gasteiger charge is 2.24. The third kappa shape index (κ3) is 4.01. The normalized spacial score (nSPS) is 13.4. The van der Waals surface area contributed by atoms with Crippen molar-refractivity contribution in [2.75, 3.05) is 17.2 Å². The minimum atomic E-state index is -0.0884. The maximum atomic E-state index is 13.7. The summed E-state index contributed by atoms with van der Waals surface area (Å²) in [4.78, 5) is 25.7. The number of hydrogen-bond donors (Lipinski definition) is 1. The van der Waals surface area contributed by atoms with Crippen LogP contribution in [0, 0.1) is 0 Å². The van der Waals surface area contributed by atoms with Gasteiger partial charge in [0, 0.05) is 35.6 Å². The molecule has 1 amide bonds. The van der Waals surface area contributed by atoms with Gasteiger partial charge in [-0.2, -0.15) is 0 Å². The first-order valence-electron chi connectivity index (χ1n) is 10.8. The molecule has 2 N–H and O–H groups in total. The van der Waals surface area contributed by atoms with Crippen LogP contribution in [0.4, 0.5) is 11.4 Å². The van der Waals surface area contributed by atoms with Gasteiger partial charge in [0.05, 0.1) is 11.4 Å². The second-order valence-corrected chi connectivity index (χ2v) is 8.96. The number of fused-ring (bicyclic) bond motifs is 1. The molecule has 1 fully saturated rings. The van der Waals surface area contributed by atoms with Gasteiger partial charge in [-0.3, -0.25) is 9.78 Å². The third-order valence-electron chi connectivity index (χ3n) is 5.87.